The molecule has 6 rings (SSSR count). The second-order valence-electron chi connectivity index (χ2n) is 10.8. The van der Waals surface area contributed by atoms with Crippen molar-refractivity contribution in [1.29, 1.82) is 0 Å². The van der Waals surface area contributed by atoms with Crippen LogP contribution in [0.5, 0.6) is 0 Å². The van der Waals surface area contributed by atoms with E-state index in [2.05, 4.69) is 25.7 Å². The zero-order valence-corrected chi connectivity index (χ0v) is 16.6. The van der Waals surface area contributed by atoms with Gasteiger partial charge in [0.15, 0.2) is 0 Å². The lowest BCUT2D eigenvalue weighted by Gasteiger charge is -2.82. The van der Waals surface area contributed by atoms with Crippen molar-refractivity contribution < 1.29 is 15.0 Å². The number of carboxylic acids is 1. The highest BCUT2D eigenvalue weighted by Crippen LogP contribution is 2.78. The van der Waals surface area contributed by atoms with Crippen molar-refractivity contribution in [2.75, 3.05) is 6.54 Å². The zero-order chi connectivity index (χ0) is 18.5. The van der Waals surface area contributed by atoms with Crippen LogP contribution >= 0.6 is 0 Å². The van der Waals surface area contributed by atoms with Crippen LogP contribution in [0, 0.1) is 40.4 Å². The molecular formula is C22H35NO3. The first kappa shape index (κ1) is 17.5. The lowest BCUT2D eigenvalue weighted by molar-refractivity contribution is -0.388. The van der Waals surface area contributed by atoms with Gasteiger partial charge in [-0.05, 0) is 79.4 Å². The first-order valence-electron chi connectivity index (χ1n) is 11.0. The van der Waals surface area contributed by atoms with Gasteiger partial charge in [-0.1, -0.05) is 20.8 Å². The summed E-state index contributed by atoms with van der Waals surface area (Å²) in [5.74, 6) is 2.06. The predicted octanol–water partition coefficient (Wildman–Crippen LogP) is 3.73. The summed E-state index contributed by atoms with van der Waals surface area (Å²) in [6, 6.07) is 0.378. The Morgan fingerprint density at radius 3 is 2.69 bits per heavy atom. The molecular weight excluding hydrogens is 326 g/mol. The number of aliphatic carboxylic acids is 1. The van der Waals surface area contributed by atoms with Crippen LogP contribution in [0.1, 0.15) is 72.1 Å². The SMILES string of the molecule is CC(C)[C@H]1CCC2(C)C3C[C@H]4[C@H]5CCC[C@]4(O)N(C3)[C@@H]1[C@@]52CCC(=O)O. The van der Waals surface area contributed by atoms with Crippen molar-refractivity contribution in [2.24, 2.45) is 40.4 Å². The minimum atomic E-state index is -0.649. The van der Waals surface area contributed by atoms with E-state index in [1.807, 2.05) is 0 Å². The monoisotopic (exact) mass is 361 g/mol. The Balaban J connectivity index is 1.70. The maximum atomic E-state index is 11.8. The van der Waals surface area contributed by atoms with Gasteiger partial charge in [0.1, 0.15) is 5.72 Å². The van der Waals surface area contributed by atoms with Gasteiger partial charge >= 0.3 is 5.97 Å². The van der Waals surface area contributed by atoms with E-state index in [4.69, 9.17) is 0 Å². The van der Waals surface area contributed by atoms with E-state index in [1.54, 1.807) is 0 Å². The smallest absolute Gasteiger partial charge is 0.303 e. The Bertz CT molecular complexity index is 635. The van der Waals surface area contributed by atoms with Gasteiger partial charge in [0.25, 0.3) is 0 Å². The number of hydrogen-bond acceptors (Lipinski definition) is 3. The molecule has 4 nitrogen and oxygen atoms in total. The van der Waals surface area contributed by atoms with Crippen LogP contribution in [0.15, 0.2) is 0 Å². The van der Waals surface area contributed by atoms with Crippen LogP contribution in [0.25, 0.3) is 0 Å². The Morgan fingerprint density at radius 1 is 1.23 bits per heavy atom. The summed E-state index contributed by atoms with van der Waals surface area (Å²) in [6.07, 6.45) is 8.00. The van der Waals surface area contributed by atoms with Crippen LogP contribution in [0.4, 0.5) is 0 Å². The Morgan fingerprint density at radius 2 is 2.00 bits per heavy atom. The van der Waals surface area contributed by atoms with Gasteiger partial charge in [-0.2, -0.15) is 0 Å². The molecule has 0 aromatic heterocycles. The summed E-state index contributed by atoms with van der Waals surface area (Å²) in [4.78, 5) is 14.1. The number of hydrogen-bond donors (Lipinski definition) is 2. The molecule has 3 aliphatic heterocycles. The maximum absolute atomic E-state index is 11.8. The van der Waals surface area contributed by atoms with Crippen molar-refractivity contribution in [2.45, 2.75) is 83.9 Å². The van der Waals surface area contributed by atoms with Crippen molar-refractivity contribution in [3.63, 3.8) is 0 Å². The van der Waals surface area contributed by atoms with Crippen molar-refractivity contribution in [3.8, 4) is 0 Å². The van der Waals surface area contributed by atoms with Crippen LogP contribution in [0.2, 0.25) is 0 Å². The van der Waals surface area contributed by atoms with Crippen LogP contribution in [-0.2, 0) is 4.79 Å². The molecule has 3 unspecified atom stereocenters. The third-order valence-corrected chi connectivity index (χ3v) is 10.1. The number of nitrogens with zero attached hydrogens (tertiary/aromatic N) is 1. The summed E-state index contributed by atoms with van der Waals surface area (Å²) in [5.41, 5.74) is -0.255. The molecule has 8 bridgehead atoms. The molecule has 0 amide bonds. The Hall–Kier alpha value is -0.610. The summed E-state index contributed by atoms with van der Waals surface area (Å²) in [5, 5.41) is 21.4. The standard InChI is InChI=1S/C22H35NO3/c1-13(2)15-6-9-20(3)14-11-17-16-5-4-8-22(17,26)23(12-14)19(15)21(16,20)10-7-18(24)25/h13-17,19,26H,4-12H2,1-3H3,(H,24,25)/t14?,15-,16-,17+,19+,20?,21-,22-/m1/s1. The number of rotatable bonds is 4. The van der Waals surface area contributed by atoms with Gasteiger partial charge in [0.05, 0.1) is 0 Å². The van der Waals surface area contributed by atoms with E-state index in [0.717, 1.165) is 25.8 Å². The fourth-order valence-electron chi connectivity index (χ4n) is 9.15. The average Bonchev–Trinajstić information content (AvgIpc) is 2.56. The molecule has 3 heterocycles. The minimum absolute atomic E-state index is 0.0943. The second-order valence-corrected chi connectivity index (χ2v) is 10.8. The topological polar surface area (TPSA) is 60.8 Å². The molecule has 0 spiro atoms. The summed E-state index contributed by atoms with van der Waals surface area (Å²) in [7, 11) is 0. The molecule has 2 N–H and O–H groups in total. The van der Waals surface area contributed by atoms with Crippen LogP contribution in [-0.4, -0.2) is 39.4 Å². The molecule has 0 aromatic carbocycles. The van der Waals surface area contributed by atoms with Crippen LogP contribution < -0.4 is 0 Å². The molecule has 0 aromatic rings. The average molecular weight is 362 g/mol. The van der Waals surface area contributed by atoms with Gasteiger partial charge in [-0.3, -0.25) is 9.69 Å². The highest BCUT2D eigenvalue weighted by molar-refractivity contribution is 5.66. The quantitative estimate of drug-likeness (QED) is 0.801. The summed E-state index contributed by atoms with van der Waals surface area (Å²) in [6.45, 7) is 8.23. The van der Waals surface area contributed by atoms with Crippen LogP contribution in [0.3, 0.4) is 0 Å². The molecule has 6 fully saturated rings. The third-order valence-electron chi connectivity index (χ3n) is 10.1. The molecule has 4 heteroatoms. The second kappa shape index (κ2) is 5.26. The first-order chi connectivity index (χ1) is 12.3. The van der Waals surface area contributed by atoms with Gasteiger partial charge in [0, 0.05) is 24.9 Å². The molecule has 3 saturated carbocycles. The highest BCUT2D eigenvalue weighted by Gasteiger charge is 2.78. The molecule has 0 radical (unpaired) electrons. The van der Waals surface area contributed by atoms with Gasteiger partial charge in [-0.15, -0.1) is 0 Å². The van der Waals surface area contributed by atoms with E-state index in [-0.39, 0.29) is 10.8 Å². The largest absolute Gasteiger partial charge is 0.481 e. The van der Waals surface area contributed by atoms with Crippen molar-refractivity contribution in [3.05, 3.63) is 0 Å². The third kappa shape index (κ3) is 1.77. The number of piperidine rings is 3. The number of carbonyl (C=O) groups is 1. The minimum Gasteiger partial charge on any atom is -0.481 e. The molecule has 6 aliphatic rings. The fourth-order valence-corrected chi connectivity index (χ4v) is 9.15. The maximum Gasteiger partial charge on any atom is 0.303 e. The van der Waals surface area contributed by atoms with E-state index in [9.17, 15) is 15.0 Å². The Labute approximate surface area is 157 Å². The number of carboxylic acid groups (broad SMARTS) is 1. The van der Waals surface area contributed by atoms with E-state index < -0.39 is 11.7 Å². The van der Waals surface area contributed by atoms with E-state index in [1.165, 1.54) is 25.7 Å². The van der Waals surface area contributed by atoms with Gasteiger partial charge < -0.3 is 10.2 Å². The lowest BCUT2D eigenvalue weighted by Crippen LogP contribution is -2.86. The Kier molecular flexibility index (Phi) is 3.53. The van der Waals surface area contributed by atoms with E-state index >= 15 is 0 Å². The summed E-state index contributed by atoms with van der Waals surface area (Å²) < 4.78 is 0. The molecule has 26 heavy (non-hydrogen) atoms. The van der Waals surface area contributed by atoms with Crippen molar-refractivity contribution in [1.82, 2.24) is 4.90 Å². The lowest BCUT2D eigenvalue weighted by atomic mass is 9.31. The predicted molar refractivity (Wildman–Crippen MR) is 99.4 cm³/mol. The normalized spacial score (nSPS) is 56.8. The fraction of sp³-hybridized carbons (Fsp3) is 0.955. The molecule has 9 atom stereocenters. The van der Waals surface area contributed by atoms with Gasteiger partial charge in [-0.25, -0.2) is 0 Å². The van der Waals surface area contributed by atoms with E-state index in [0.29, 0.717) is 42.1 Å². The molecule has 146 valence electrons. The summed E-state index contributed by atoms with van der Waals surface area (Å²) >= 11 is 0. The first-order valence-corrected chi connectivity index (χ1v) is 11.0. The van der Waals surface area contributed by atoms with Crippen molar-refractivity contribution >= 4 is 5.97 Å². The number of aliphatic hydroxyl groups is 1. The molecule has 3 aliphatic carbocycles. The van der Waals surface area contributed by atoms with Gasteiger partial charge in [0.2, 0.25) is 0 Å². The molecule has 3 saturated heterocycles. The zero-order valence-electron chi connectivity index (χ0n) is 16.6. The highest BCUT2D eigenvalue weighted by atomic mass is 16.4.